The van der Waals surface area contributed by atoms with E-state index in [1.807, 2.05) is 49.3 Å². The van der Waals surface area contributed by atoms with Crippen LogP contribution in [0.25, 0.3) is 0 Å². The van der Waals surface area contributed by atoms with Gasteiger partial charge in [0, 0.05) is 25.8 Å². The van der Waals surface area contributed by atoms with Crippen molar-refractivity contribution in [1.29, 1.82) is 0 Å². The maximum absolute atomic E-state index is 11.6. The maximum atomic E-state index is 11.6. The number of nitrogens with zero attached hydrogens (tertiary/aromatic N) is 5. The van der Waals surface area contributed by atoms with Crippen LogP contribution in [0, 0.1) is 0 Å². The Balaban J connectivity index is 1.83. The highest BCUT2D eigenvalue weighted by Crippen LogP contribution is 2.24. The largest absolute Gasteiger partial charge is 0.338 e. The summed E-state index contributed by atoms with van der Waals surface area (Å²) >= 11 is 0. The topological polar surface area (TPSA) is 79.3 Å². The molecule has 1 aromatic heterocycles. The van der Waals surface area contributed by atoms with Gasteiger partial charge in [0.15, 0.2) is 15.7 Å². The second-order valence-electron chi connectivity index (χ2n) is 5.68. The van der Waals surface area contributed by atoms with Gasteiger partial charge >= 0.3 is 0 Å². The fourth-order valence-corrected chi connectivity index (χ4v) is 4.40. The minimum absolute atomic E-state index is 0.0981. The third-order valence-electron chi connectivity index (χ3n) is 4.09. The molecule has 0 amide bonds. The lowest BCUT2D eigenvalue weighted by atomic mass is 10.2. The van der Waals surface area contributed by atoms with Gasteiger partial charge < -0.3 is 9.80 Å². The first-order chi connectivity index (χ1) is 11.0. The van der Waals surface area contributed by atoms with Crippen LogP contribution < -0.4 is 9.80 Å². The Bertz CT molecular complexity index is 781. The molecule has 1 fully saturated rings. The monoisotopic (exact) mass is 333 g/mol. The molecular weight excluding hydrogens is 314 g/mol. The summed E-state index contributed by atoms with van der Waals surface area (Å²) in [6.45, 7) is 0. The van der Waals surface area contributed by atoms with Crippen LogP contribution in [-0.2, 0) is 9.84 Å². The highest BCUT2D eigenvalue weighted by Gasteiger charge is 2.32. The number of rotatable bonds is 4. The predicted molar refractivity (Wildman–Crippen MR) is 89.8 cm³/mol. The second kappa shape index (κ2) is 6.11. The van der Waals surface area contributed by atoms with Gasteiger partial charge in [-0.1, -0.05) is 18.2 Å². The van der Waals surface area contributed by atoms with Crippen LogP contribution in [0.15, 0.2) is 36.5 Å². The van der Waals surface area contributed by atoms with Crippen LogP contribution in [0.3, 0.4) is 0 Å². The van der Waals surface area contributed by atoms with Gasteiger partial charge in [-0.25, -0.2) is 8.42 Å². The number of hydrogen-bond acceptors (Lipinski definition) is 7. The molecule has 3 rings (SSSR count). The summed E-state index contributed by atoms with van der Waals surface area (Å²) in [6.07, 6.45) is 2.19. The van der Waals surface area contributed by atoms with Crippen LogP contribution in [0.4, 0.5) is 17.5 Å². The summed E-state index contributed by atoms with van der Waals surface area (Å²) < 4.78 is 23.3. The van der Waals surface area contributed by atoms with Crippen molar-refractivity contribution in [2.45, 2.75) is 12.5 Å². The first-order valence-electron chi connectivity index (χ1n) is 7.38. The molecule has 1 aliphatic heterocycles. The Labute approximate surface area is 135 Å². The van der Waals surface area contributed by atoms with E-state index in [9.17, 15) is 8.42 Å². The van der Waals surface area contributed by atoms with Gasteiger partial charge in [-0.3, -0.25) is 0 Å². The van der Waals surface area contributed by atoms with E-state index in [0.29, 0.717) is 18.2 Å². The number of sulfone groups is 1. The first kappa shape index (κ1) is 15.7. The van der Waals surface area contributed by atoms with Crippen LogP contribution in [0.5, 0.6) is 0 Å². The molecule has 23 heavy (non-hydrogen) atoms. The number of benzene rings is 1. The van der Waals surface area contributed by atoms with Crippen LogP contribution >= 0.6 is 0 Å². The van der Waals surface area contributed by atoms with Gasteiger partial charge in [-0.05, 0) is 18.6 Å². The molecule has 1 saturated heterocycles. The number of para-hydroxylation sites is 1. The van der Waals surface area contributed by atoms with Crippen molar-refractivity contribution in [3.8, 4) is 0 Å². The minimum Gasteiger partial charge on any atom is -0.338 e. The van der Waals surface area contributed by atoms with Crippen LogP contribution in [-0.4, -0.2) is 55.2 Å². The van der Waals surface area contributed by atoms with Crippen molar-refractivity contribution < 1.29 is 8.42 Å². The standard InChI is InChI=1S/C15H19N5O2S/c1-19(12-6-4-3-5-7-12)14-10-16-18-15(17-14)20(2)13-8-9-23(21,22)11-13/h3-7,10,13H,8-9,11H2,1-2H3. The summed E-state index contributed by atoms with van der Waals surface area (Å²) in [5.74, 6) is 1.46. The Morgan fingerprint density at radius 3 is 2.57 bits per heavy atom. The lowest BCUT2D eigenvalue weighted by Gasteiger charge is -2.24. The van der Waals surface area contributed by atoms with Crippen molar-refractivity contribution in [1.82, 2.24) is 15.2 Å². The molecule has 1 aliphatic rings. The number of anilines is 3. The van der Waals surface area contributed by atoms with Crippen molar-refractivity contribution in [3.05, 3.63) is 36.5 Å². The molecule has 0 saturated carbocycles. The van der Waals surface area contributed by atoms with E-state index in [4.69, 9.17) is 0 Å². The zero-order chi connectivity index (χ0) is 16.4. The molecule has 8 heteroatoms. The predicted octanol–water partition coefficient (Wildman–Crippen LogP) is 1.26. The fourth-order valence-electron chi connectivity index (χ4n) is 2.62. The van der Waals surface area contributed by atoms with Crippen LogP contribution in [0.1, 0.15) is 6.42 Å². The fraction of sp³-hybridized carbons (Fsp3) is 0.400. The summed E-state index contributed by atoms with van der Waals surface area (Å²) in [4.78, 5) is 8.24. The maximum Gasteiger partial charge on any atom is 0.247 e. The van der Waals surface area contributed by atoms with E-state index in [1.54, 1.807) is 11.1 Å². The number of aromatic nitrogens is 3. The van der Waals surface area contributed by atoms with Gasteiger partial charge in [0.05, 0.1) is 17.7 Å². The van der Waals surface area contributed by atoms with Gasteiger partial charge in [-0.2, -0.15) is 10.1 Å². The first-order valence-corrected chi connectivity index (χ1v) is 9.20. The van der Waals surface area contributed by atoms with Crippen molar-refractivity contribution in [3.63, 3.8) is 0 Å². The lowest BCUT2D eigenvalue weighted by Crippen LogP contribution is -2.34. The van der Waals surface area contributed by atoms with E-state index in [1.165, 1.54) is 0 Å². The average Bonchev–Trinajstić information content (AvgIpc) is 2.94. The van der Waals surface area contributed by atoms with Crippen molar-refractivity contribution in [2.24, 2.45) is 0 Å². The molecule has 2 heterocycles. The molecule has 0 aliphatic carbocycles. The third-order valence-corrected chi connectivity index (χ3v) is 5.84. The smallest absolute Gasteiger partial charge is 0.247 e. The van der Waals surface area contributed by atoms with Crippen LogP contribution in [0.2, 0.25) is 0 Å². The minimum atomic E-state index is -2.95. The average molecular weight is 333 g/mol. The van der Waals surface area contributed by atoms with Crippen molar-refractivity contribution >= 4 is 27.3 Å². The van der Waals surface area contributed by atoms with Gasteiger partial charge in [0.2, 0.25) is 5.95 Å². The molecule has 122 valence electrons. The molecule has 1 atom stereocenters. The third kappa shape index (κ3) is 3.42. The van der Waals surface area contributed by atoms with E-state index < -0.39 is 9.84 Å². The highest BCUT2D eigenvalue weighted by atomic mass is 32.2. The Morgan fingerprint density at radius 2 is 1.91 bits per heavy atom. The molecule has 1 aromatic carbocycles. The number of hydrogen-bond donors (Lipinski definition) is 0. The van der Waals surface area contributed by atoms with Gasteiger partial charge in [0.25, 0.3) is 0 Å². The normalized spacial score (nSPS) is 19.5. The molecule has 2 aromatic rings. The summed E-state index contributed by atoms with van der Waals surface area (Å²) in [5.41, 5.74) is 0.991. The highest BCUT2D eigenvalue weighted by molar-refractivity contribution is 7.91. The molecule has 0 bridgehead atoms. The quantitative estimate of drug-likeness (QED) is 0.833. The Hall–Kier alpha value is -2.22. The molecule has 0 N–H and O–H groups in total. The van der Waals surface area contributed by atoms with Gasteiger partial charge in [0.1, 0.15) is 0 Å². The zero-order valence-corrected chi connectivity index (χ0v) is 13.9. The lowest BCUT2D eigenvalue weighted by molar-refractivity contribution is 0.600. The van der Waals surface area contributed by atoms with Crippen molar-refractivity contribution in [2.75, 3.05) is 35.4 Å². The SMILES string of the molecule is CN(c1ccccc1)c1cnnc(N(C)C2CCS(=O)(=O)C2)n1. The molecule has 1 unspecified atom stereocenters. The second-order valence-corrected chi connectivity index (χ2v) is 7.91. The van der Waals surface area contributed by atoms with E-state index in [0.717, 1.165) is 5.69 Å². The Morgan fingerprint density at radius 1 is 1.17 bits per heavy atom. The zero-order valence-electron chi connectivity index (χ0n) is 13.1. The summed E-state index contributed by atoms with van der Waals surface area (Å²) in [7, 11) is 0.774. The molecule has 0 radical (unpaired) electrons. The van der Waals surface area contributed by atoms with Gasteiger partial charge in [-0.15, -0.1) is 5.10 Å². The van der Waals surface area contributed by atoms with E-state index >= 15 is 0 Å². The summed E-state index contributed by atoms with van der Waals surface area (Å²) in [6, 6.07) is 9.73. The van der Waals surface area contributed by atoms with E-state index in [2.05, 4.69) is 15.2 Å². The molecule has 7 nitrogen and oxygen atoms in total. The van der Waals surface area contributed by atoms with E-state index in [-0.39, 0.29) is 17.5 Å². The Kier molecular flexibility index (Phi) is 4.16. The molecule has 0 spiro atoms. The molecular formula is C15H19N5O2S. The summed E-state index contributed by atoms with van der Waals surface area (Å²) in [5, 5.41) is 8.07.